The quantitative estimate of drug-likeness (QED) is 0.392. The highest BCUT2D eigenvalue weighted by atomic mass is 16.5. The number of pyridine rings is 1. The molecule has 2 amide bonds. The van der Waals surface area contributed by atoms with Crippen molar-refractivity contribution < 1.29 is 14.3 Å². The summed E-state index contributed by atoms with van der Waals surface area (Å²) >= 11 is 0. The molecule has 6 bridgehead atoms. The fraction of sp³-hybridized carbons (Fsp3) is 0.276. The van der Waals surface area contributed by atoms with Crippen molar-refractivity contribution in [2.75, 3.05) is 18.1 Å². The molecule has 9 nitrogen and oxygen atoms in total. The maximum Gasteiger partial charge on any atom is 0.254 e. The van der Waals surface area contributed by atoms with E-state index in [0.29, 0.717) is 44.0 Å². The van der Waals surface area contributed by atoms with E-state index in [0.717, 1.165) is 28.9 Å². The van der Waals surface area contributed by atoms with Gasteiger partial charge < -0.3 is 14.5 Å². The van der Waals surface area contributed by atoms with Crippen molar-refractivity contribution in [2.24, 2.45) is 0 Å². The monoisotopic (exact) mass is 506 g/mol. The summed E-state index contributed by atoms with van der Waals surface area (Å²) in [6.07, 6.45) is 6.41. The van der Waals surface area contributed by atoms with Gasteiger partial charge in [0.2, 0.25) is 5.91 Å². The highest BCUT2D eigenvalue weighted by molar-refractivity contribution is 6.10. The van der Waals surface area contributed by atoms with Crippen LogP contribution in [0.1, 0.15) is 46.1 Å². The fourth-order valence-electron chi connectivity index (χ4n) is 6.26. The lowest BCUT2D eigenvalue weighted by Gasteiger charge is -2.35. The van der Waals surface area contributed by atoms with Gasteiger partial charge in [-0.2, -0.15) is 0 Å². The number of hydrogen-bond donors (Lipinski definition) is 0. The van der Waals surface area contributed by atoms with Gasteiger partial charge in [-0.05, 0) is 47.9 Å². The molecule has 0 aliphatic carbocycles. The number of anilines is 1. The Bertz CT molecular complexity index is 1540. The van der Waals surface area contributed by atoms with Crippen LogP contribution < -0.4 is 9.64 Å². The van der Waals surface area contributed by atoms with Gasteiger partial charge in [-0.25, -0.2) is 0 Å². The van der Waals surface area contributed by atoms with Crippen molar-refractivity contribution >= 4 is 17.5 Å². The average molecular weight is 507 g/mol. The second-order valence-electron chi connectivity index (χ2n) is 10.0. The second kappa shape index (κ2) is 8.79. The van der Waals surface area contributed by atoms with Gasteiger partial charge in [0.05, 0.1) is 25.4 Å². The molecule has 5 heterocycles. The van der Waals surface area contributed by atoms with Crippen molar-refractivity contribution in [3.63, 3.8) is 0 Å². The summed E-state index contributed by atoms with van der Waals surface area (Å²) in [6.45, 7) is 1.94. The Morgan fingerprint density at radius 2 is 1.89 bits per heavy atom. The van der Waals surface area contributed by atoms with Crippen molar-refractivity contribution in [2.45, 2.75) is 37.4 Å². The summed E-state index contributed by atoms with van der Waals surface area (Å²) in [4.78, 5) is 36.3. The third-order valence-corrected chi connectivity index (χ3v) is 7.90. The van der Waals surface area contributed by atoms with Gasteiger partial charge in [-0.1, -0.05) is 35.5 Å². The Hall–Kier alpha value is -4.53. The molecule has 0 radical (unpaired) electrons. The molecule has 2 atom stereocenters. The summed E-state index contributed by atoms with van der Waals surface area (Å²) in [6, 6.07) is 18.7. The Kier molecular flexibility index (Phi) is 5.24. The van der Waals surface area contributed by atoms with E-state index in [1.165, 1.54) is 0 Å². The molecule has 7 rings (SSSR count). The summed E-state index contributed by atoms with van der Waals surface area (Å²) in [5.74, 6) is 0.570. The lowest BCUT2D eigenvalue weighted by atomic mass is 9.72. The van der Waals surface area contributed by atoms with Crippen molar-refractivity contribution in [3.05, 3.63) is 102 Å². The molecule has 4 aromatic rings. The molecule has 0 N–H and O–H groups in total. The number of ether oxygens (including phenoxy) is 1. The standard InChI is InChI=1S/C29H26N6O3/c36-27(20-9-12-30-13-10-20)34-15-11-29-24-7-1-2-8-25(24)35(28(29)37)19-22-18-33(32-31-22)14-4-16-38-23-6-3-5-21(17-23)26(29)34/h1-3,5-10,12-13,17-18,26H,4,11,14-16,19H2/t26-,29-/m0/s1. The van der Waals surface area contributed by atoms with Crippen molar-refractivity contribution in [1.82, 2.24) is 24.9 Å². The lowest BCUT2D eigenvalue weighted by Crippen LogP contribution is -2.45. The molecule has 0 saturated carbocycles. The maximum absolute atomic E-state index is 14.6. The number of benzene rings is 2. The van der Waals surface area contributed by atoms with E-state index in [2.05, 4.69) is 15.3 Å². The third kappa shape index (κ3) is 3.42. The number of nitrogens with zero attached hydrogens (tertiary/aromatic N) is 6. The topological polar surface area (TPSA) is 93.5 Å². The van der Waals surface area contributed by atoms with Crippen LogP contribution in [-0.2, 0) is 23.3 Å². The fourth-order valence-corrected chi connectivity index (χ4v) is 6.26. The molecular formula is C29H26N6O3. The molecule has 1 saturated heterocycles. The van der Waals surface area contributed by atoms with Gasteiger partial charge in [0.25, 0.3) is 5.91 Å². The largest absolute Gasteiger partial charge is 0.494 e. The van der Waals surface area contributed by atoms with Crippen LogP contribution in [0.2, 0.25) is 0 Å². The van der Waals surface area contributed by atoms with Crippen LogP contribution in [0.25, 0.3) is 0 Å². The normalized spacial score (nSPS) is 22.2. The van der Waals surface area contributed by atoms with Crippen LogP contribution in [0, 0.1) is 0 Å². The van der Waals surface area contributed by atoms with E-state index >= 15 is 0 Å². The first kappa shape index (κ1) is 22.7. The van der Waals surface area contributed by atoms with E-state index in [4.69, 9.17) is 4.74 Å². The minimum absolute atomic E-state index is 0.0236. The van der Waals surface area contributed by atoms with Crippen LogP contribution in [0.4, 0.5) is 5.69 Å². The zero-order valence-corrected chi connectivity index (χ0v) is 20.7. The highest BCUT2D eigenvalue weighted by Gasteiger charge is 2.61. The first-order valence-electron chi connectivity index (χ1n) is 12.9. The molecule has 1 fully saturated rings. The highest BCUT2D eigenvalue weighted by Crippen LogP contribution is 2.57. The zero-order valence-electron chi connectivity index (χ0n) is 20.7. The second-order valence-corrected chi connectivity index (χ2v) is 10.0. The number of aromatic nitrogens is 4. The van der Waals surface area contributed by atoms with Gasteiger partial charge >= 0.3 is 0 Å². The first-order chi connectivity index (χ1) is 18.6. The van der Waals surface area contributed by atoms with Crippen LogP contribution in [-0.4, -0.2) is 49.8 Å². The smallest absolute Gasteiger partial charge is 0.254 e. The number of hydrogen-bond acceptors (Lipinski definition) is 6. The first-order valence-corrected chi connectivity index (χ1v) is 12.9. The van der Waals surface area contributed by atoms with E-state index in [9.17, 15) is 9.59 Å². The Morgan fingerprint density at radius 3 is 2.79 bits per heavy atom. The summed E-state index contributed by atoms with van der Waals surface area (Å²) < 4.78 is 7.90. The van der Waals surface area contributed by atoms with Crippen LogP contribution >= 0.6 is 0 Å². The van der Waals surface area contributed by atoms with Crippen LogP contribution in [0.5, 0.6) is 5.75 Å². The molecule has 2 aromatic heterocycles. The number of rotatable bonds is 1. The summed E-state index contributed by atoms with van der Waals surface area (Å²) in [7, 11) is 0. The number of likely N-dealkylation sites (tertiary alicyclic amines) is 1. The van der Waals surface area contributed by atoms with Gasteiger partial charge in [-0.3, -0.25) is 19.3 Å². The zero-order chi connectivity index (χ0) is 25.7. The number of carbonyl (C=O) groups excluding carboxylic acids is 2. The minimum Gasteiger partial charge on any atom is -0.494 e. The molecular weight excluding hydrogens is 480 g/mol. The van der Waals surface area contributed by atoms with Gasteiger partial charge in [0.1, 0.15) is 16.9 Å². The number of aryl methyl sites for hydroxylation is 1. The van der Waals surface area contributed by atoms with Gasteiger partial charge in [-0.15, -0.1) is 5.10 Å². The Labute approximate surface area is 219 Å². The predicted molar refractivity (Wildman–Crippen MR) is 139 cm³/mol. The molecule has 2 aromatic carbocycles. The molecule has 38 heavy (non-hydrogen) atoms. The van der Waals surface area contributed by atoms with Crippen LogP contribution in [0.3, 0.4) is 0 Å². The number of amides is 2. The predicted octanol–water partition coefficient (Wildman–Crippen LogP) is 3.53. The van der Waals surface area contributed by atoms with Gasteiger partial charge in [0, 0.05) is 43.2 Å². The third-order valence-electron chi connectivity index (χ3n) is 7.90. The summed E-state index contributed by atoms with van der Waals surface area (Å²) in [5, 5.41) is 8.61. The number of carbonyl (C=O) groups is 2. The average Bonchev–Trinajstić information content (AvgIpc) is 3.64. The van der Waals surface area contributed by atoms with Crippen LogP contribution in [0.15, 0.2) is 79.3 Å². The summed E-state index contributed by atoms with van der Waals surface area (Å²) in [5.41, 5.74) is 3.01. The van der Waals surface area contributed by atoms with E-state index in [-0.39, 0.29) is 11.8 Å². The maximum atomic E-state index is 14.6. The Morgan fingerprint density at radius 1 is 1.03 bits per heavy atom. The van der Waals surface area contributed by atoms with E-state index in [1.807, 2.05) is 64.5 Å². The minimum atomic E-state index is -0.936. The number of para-hydroxylation sites is 1. The van der Waals surface area contributed by atoms with Crippen molar-refractivity contribution in [1.29, 1.82) is 0 Å². The SMILES string of the molecule is O=C(c1ccncc1)N1CC[C@@]23C(=O)N(Cc4cn(nn4)CCCOc4cccc(c4)[C@H]12)c1ccccc13. The van der Waals surface area contributed by atoms with E-state index in [1.54, 1.807) is 29.2 Å². The molecule has 3 aliphatic heterocycles. The molecule has 9 heteroatoms. The molecule has 190 valence electrons. The van der Waals surface area contributed by atoms with Crippen molar-refractivity contribution in [3.8, 4) is 5.75 Å². The Balaban J connectivity index is 1.43. The molecule has 0 unspecified atom stereocenters. The molecule has 3 aliphatic rings. The van der Waals surface area contributed by atoms with E-state index < -0.39 is 11.5 Å². The lowest BCUT2D eigenvalue weighted by molar-refractivity contribution is -0.124. The number of fused-ring (bicyclic) bond motifs is 8. The molecule has 1 spiro atoms. The van der Waals surface area contributed by atoms with Gasteiger partial charge in [0.15, 0.2) is 0 Å².